The van der Waals surface area contributed by atoms with Crippen LogP contribution in [0.25, 0.3) is 0 Å². The number of thioether (sulfide) groups is 1. The van der Waals surface area contributed by atoms with Crippen LogP contribution in [0.5, 0.6) is 0 Å². The summed E-state index contributed by atoms with van der Waals surface area (Å²) in [6.07, 6.45) is 4.60. The van der Waals surface area contributed by atoms with Crippen LogP contribution >= 0.6 is 11.8 Å². The maximum atomic E-state index is 12.8. The highest BCUT2D eigenvalue weighted by Crippen LogP contribution is 2.31. The van der Waals surface area contributed by atoms with Gasteiger partial charge < -0.3 is 5.32 Å². The maximum absolute atomic E-state index is 12.8. The molecule has 2 rings (SSSR count). The zero-order chi connectivity index (χ0) is 18.1. The Hall–Kier alpha value is -1.82. The quantitative estimate of drug-likeness (QED) is 0.682. The molecule has 0 aromatic heterocycles. The van der Waals surface area contributed by atoms with Gasteiger partial charge in [-0.15, -0.1) is 0 Å². The van der Waals surface area contributed by atoms with Gasteiger partial charge in [-0.3, -0.25) is 14.5 Å². The van der Waals surface area contributed by atoms with Crippen molar-refractivity contribution in [2.24, 2.45) is 4.99 Å². The van der Waals surface area contributed by atoms with Gasteiger partial charge in [0, 0.05) is 19.5 Å². The molecule has 1 heterocycles. The first-order valence-electron chi connectivity index (χ1n) is 9.04. The number of hydrogen-bond acceptors (Lipinski definition) is 4. The summed E-state index contributed by atoms with van der Waals surface area (Å²) in [5.74, 6) is -0.0809. The number of amidine groups is 1. The van der Waals surface area contributed by atoms with E-state index in [-0.39, 0.29) is 23.5 Å². The standard InChI is InChI=1S/C19H27N3O2S/c1-3-5-6-10-13-22-18(24)16(14-17(23)20-4-2)25-19(22)21-15-11-8-7-9-12-15/h7-9,11-12,16H,3-6,10,13-14H2,1-2H3,(H,20,23). The number of benzene rings is 1. The average Bonchev–Trinajstić information content (AvgIpc) is 2.88. The second-order valence-electron chi connectivity index (χ2n) is 6.04. The Bertz CT molecular complexity index is 604. The van der Waals surface area contributed by atoms with Gasteiger partial charge in [-0.1, -0.05) is 56.1 Å². The Labute approximate surface area is 154 Å². The molecule has 25 heavy (non-hydrogen) atoms. The van der Waals surface area contributed by atoms with E-state index in [0.29, 0.717) is 18.3 Å². The van der Waals surface area contributed by atoms with Gasteiger partial charge >= 0.3 is 0 Å². The van der Waals surface area contributed by atoms with Gasteiger partial charge in [0.2, 0.25) is 11.8 Å². The molecule has 1 saturated heterocycles. The van der Waals surface area contributed by atoms with Crippen LogP contribution in [0.15, 0.2) is 35.3 Å². The minimum absolute atomic E-state index is 0.00225. The molecule has 5 nitrogen and oxygen atoms in total. The summed E-state index contributed by atoms with van der Waals surface area (Å²) >= 11 is 1.41. The molecule has 0 aliphatic carbocycles. The minimum Gasteiger partial charge on any atom is -0.356 e. The molecule has 1 N–H and O–H groups in total. The molecule has 6 heteroatoms. The third-order valence-electron chi connectivity index (χ3n) is 3.98. The van der Waals surface area contributed by atoms with E-state index in [1.54, 1.807) is 4.90 Å². The molecule has 1 atom stereocenters. The summed E-state index contributed by atoms with van der Waals surface area (Å²) in [7, 11) is 0. The van der Waals surface area contributed by atoms with E-state index in [4.69, 9.17) is 0 Å². The minimum atomic E-state index is -0.375. The first-order chi connectivity index (χ1) is 12.2. The zero-order valence-corrected chi connectivity index (χ0v) is 15.8. The molecular formula is C19H27N3O2S. The van der Waals surface area contributed by atoms with Gasteiger partial charge in [0.15, 0.2) is 5.17 Å². The number of amides is 2. The Kier molecular flexibility index (Phi) is 7.98. The van der Waals surface area contributed by atoms with Crippen LogP contribution in [0.2, 0.25) is 0 Å². The Morgan fingerprint density at radius 2 is 1.96 bits per heavy atom. The second-order valence-corrected chi connectivity index (χ2v) is 7.21. The Morgan fingerprint density at radius 3 is 2.64 bits per heavy atom. The molecule has 0 spiro atoms. The fraction of sp³-hybridized carbons (Fsp3) is 0.526. The van der Waals surface area contributed by atoms with Crippen molar-refractivity contribution >= 4 is 34.4 Å². The molecule has 1 aromatic rings. The summed E-state index contributed by atoms with van der Waals surface area (Å²) in [6, 6.07) is 9.64. The predicted octanol–water partition coefficient (Wildman–Crippen LogP) is 3.72. The molecule has 136 valence electrons. The van der Waals surface area contributed by atoms with Crippen molar-refractivity contribution < 1.29 is 9.59 Å². The number of unbranched alkanes of at least 4 members (excludes halogenated alkanes) is 3. The highest BCUT2D eigenvalue weighted by atomic mass is 32.2. The van der Waals surface area contributed by atoms with Crippen LogP contribution < -0.4 is 5.32 Å². The van der Waals surface area contributed by atoms with Crippen molar-refractivity contribution in [3.8, 4) is 0 Å². The molecular weight excluding hydrogens is 334 g/mol. The first kappa shape index (κ1) is 19.5. The number of nitrogens with zero attached hydrogens (tertiary/aromatic N) is 2. The van der Waals surface area contributed by atoms with E-state index >= 15 is 0 Å². The lowest BCUT2D eigenvalue weighted by molar-refractivity contribution is -0.129. The smallest absolute Gasteiger partial charge is 0.242 e. The summed E-state index contributed by atoms with van der Waals surface area (Å²) < 4.78 is 0. The fourth-order valence-electron chi connectivity index (χ4n) is 2.68. The molecule has 1 fully saturated rings. The van der Waals surface area contributed by atoms with Crippen LogP contribution in [-0.2, 0) is 9.59 Å². The average molecular weight is 362 g/mol. The zero-order valence-electron chi connectivity index (χ0n) is 15.0. The summed E-state index contributed by atoms with van der Waals surface area (Å²) in [6.45, 7) is 5.30. The normalized spacial score (nSPS) is 18.8. The van der Waals surface area contributed by atoms with Crippen LogP contribution in [0, 0.1) is 0 Å². The van der Waals surface area contributed by atoms with Crippen LogP contribution in [0.4, 0.5) is 5.69 Å². The van der Waals surface area contributed by atoms with Crippen molar-refractivity contribution in [2.75, 3.05) is 13.1 Å². The van der Waals surface area contributed by atoms with Crippen molar-refractivity contribution in [3.05, 3.63) is 30.3 Å². The summed E-state index contributed by atoms with van der Waals surface area (Å²) in [4.78, 5) is 31.0. The summed E-state index contributed by atoms with van der Waals surface area (Å²) in [5, 5.41) is 3.10. The van der Waals surface area contributed by atoms with Crippen LogP contribution in [0.1, 0.15) is 46.0 Å². The molecule has 1 aliphatic rings. The van der Waals surface area contributed by atoms with E-state index in [1.807, 2.05) is 37.3 Å². The highest BCUT2D eigenvalue weighted by molar-refractivity contribution is 8.15. The number of para-hydroxylation sites is 1. The van der Waals surface area contributed by atoms with E-state index in [2.05, 4.69) is 17.2 Å². The first-order valence-corrected chi connectivity index (χ1v) is 9.92. The van der Waals surface area contributed by atoms with Crippen LogP contribution in [-0.4, -0.2) is 40.2 Å². The monoisotopic (exact) mass is 361 g/mol. The van der Waals surface area contributed by atoms with E-state index < -0.39 is 0 Å². The number of carbonyl (C=O) groups excluding carboxylic acids is 2. The van der Waals surface area contributed by atoms with Gasteiger partial charge in [-0.2, -0.15) is 0 Å². The number of aliphatic imine (C=N–C) groups is 1. The number of rotatable bonds is 9. The number of carbonyl (C=O) groups is 2. The molecule has 1 aliphatic heterocycles. The van der Waals surface area contributed by atoms with Crippen molar-refractivity contribution in [1.29, 1.82) is 0 Å². The SMILES string of the molecule is CCCCCCN1C(=O)C(CC(=O)NCC)SC1=Nc1ccccc1. The molecule has 2 amide bonds. The van der Waals surface area contributed by atoms with E-state index in [9.17, 15) is 9.59 Å². The fourth-order valence-corrected chi connectivity index (χ4v) is 3.86. The number of nitrogens with one attached hydrogen (secondary N) is 1. The van der Waals surface area contributed by atoms with Crippen molar-refractivity contribution in [3.63, 3.8) is 0 Å². The van der Waals surface area contributed by atoms with Crippen molar-refractivity contribution in [1.82, 2.24) is 10.2 Å². The largest absolute Gasteiger partial charge is 0.356 e. The van der Waals surface area contributed by atoms with Crippen LogP contribution in [0.3, 0.4) is 0 Å². The Morgan fingerprint density at radius 1 is 1.20 bits per heavy atom. The maximum Gasteiger partial charge on any atom is 0.242 e. The Balaban J connectivity index is 2.11. The van der Waals surface area contributed by atoms with Gasteiger partial charge in [0.05, 0.1) is 5.69 Å². The predicted molar refractivity (Wildman–Crippen MR) is 104 cm³/mol. The highest BCUT2D eigenvalue weighted by Gasteiger charge is 2.38. The summed E-state index contributed by atoms with van der Waals surface area (Å²) in [5.41, 5.74) is 0.829. The lowest BCUT2D eigenvalue weighted by Crippen LogP contribution is -2.35. The van der Waals surface area contributed by atoms with Crippen molar-refractivity contribution in [2.45, 2.75) is 51.2 Å². The molecule has 0 saturated carbocycles. The third kappa shape index (κ3) is 5.88. The topological polar surface area (TPSA) is 61.8 Å². The van der Waals surface area contributed by atoms with E-state index in [1.165, 1.54) is 18.2 Å². The van der Waals surface area contributed by atoms with Gasteiger partial charge in [0.1, 0.15) is 5.25 Å². The second kappa shape index (κ2) is 10.2. The lowest BCUT2D eigenvalue weighted by atomic mass is 10.2. The molecule has 1 unspecified atom stereocenters. The van der Waals surface area contributed by atoms with Gasteiger partial charge in [-0.05, 0) is 25.5 Å². The molecule has 1 aromatic carbocycles. The van der Waals surface area contributed by atoms with Gasteiger partial charge in [-0.25, -0.2) is 4.99 Å². The molecule has 0 bridgehead atoms. The lowest BCUT2D eigenvalue weighted by Gasteiger charge is -2.16. The molecule has 0 radical (unpaired) electrons. The van der Waals surface area contributed by atoms with E-state index in [0.717, 1.165) is 24.9 Å². The third-order valence-corrected chi connectivity index (χ3v) is 5.16. The van der Waals surface area contributed by atoms with Gasteiger partial charge in [0.25, 0.3) is 0 Å². The number of hydrogen-bond donors (Lipinski definition) is 1.